The average Bonchev–Trinajstić information content (AvgIpc) is 3.15. The third kappa shape index (κ3) is 4.55. The van der Waals surface area contributed by atoms with Crippen LogP contribution in [-0.4, -0.2) is 54.0 Å². The zero-order chi connectivity index (χ0) is 22.8. The van der Waals surface area contributed by atoms with E-state index in [4.69, 9.17) is 0 Å². The molecule has 8 nitrogen and oxygen atoms in total. The first kappa shape index (κ1) is 21.4. The number of hydrogen-bond acceptors (Lipinski definition) is 6. The van der Waals surface area contributed by atoms with Crippen molar-refractivity contribution in [1.29, 1.82) is 0 Å². The summed E-state index contributed by atoms with van der Waals surface area (Å²) in [6.07, 6.45) is 2.80. The molecule has 172 valence electrons. The molecule has 2 aromatic carbocycles. The molecule has 5 rings (SSSR count). The molecule has 2 aromatic heterocycles. The van der Waals surface area contributed by atoms with Crippen LogP contribution in [0.4, 0.5) is 11.5 Å². The van der Waals surface area contributed by atoms with Gasteiger partial charge < -0.3 is 9.47 Å². The molecular formula is C24H28N6O2S. The fraction of sp³-hybridized carbons (Fsp3) is 0.250. The molecule has 1 N–H and O–H groups in total. The number of piperazine rings is 1. The predicted molar refractivity (Wildman–Crippen MR) is 132 cm³/mol. The Labute approximate surface area is 195 Å². The molecule has 0 radical (unpaired) electrons. The summed E-state index contributed by atoms with van der Waals surface area (Å²) in [6.45, 7) is 4.63. The number of rotatable bonds is 6. The van der Waals surface area contributed by atoms with E-state index in [9.17, 15) is 8.42 Å². The highest BCUT2D eigenvalue weighted by Gasteiger charge is 2.20. The Balaban J connectivity index is 0.00000274. The largest absolute Gasteiger partial charge is 0.369 e. The quantitative estimate of drug-likeness (QED) is 0.471. The molecular weight excluding hydrogens is 436 g/mol. The Kier molecular flexibility index (Phi) is 5.74. The molecule has 3 heterocycles. The molecule has 1 fully saturated rings. The number of anilines is 2. The second-order valence-electron chi connectivity index (χ2n) is 8.21. The first-order valence-corrected chi connectivity index (χ1v) is 12.4. The number of nitrogens with zero attached hydrogens (tertiary/aromatic N) is 5. The lowest BCUT2D eigenvalue weighted by Gasteiger charge is -2.36. The number of aryl methyl sites for hydroxylation is 1. The molecule has 1 saturated heterocycles. The number of sulfonamides is 1. The van der Waals surface area contributed by atoms with E-state index in [2.05, 4.69) is 66.4 Å². The molecule has 0 spiro atoms. The van der Waals surface area contributed by atoms with Crippen LogP contribution in [0.2, 0.25) is 0 Å². The van der Waals surface area contributed by atoms with E-state index in [0.717, 1.165) is 38.4 Å². The van der Waals surface area contributed by atoms with Gasteiger partial charge >= 0.3 is 0 Å². The standard InChI is InChI=1S/C24H26N6O2S.H2/c1-28-21(16-19-4-2-3-5-23(19)28)17-29-12-14-30(15-13-29)20-6-8-22(9-7-20)33(31,32)27-24-10-11-25-18-26-24;/h2-11,16,18H,12-15,17H2,1H3,(H,25,26,27);1H. The Morgan fingerprint density at radius 2 is 1.76 bits per heavy atom. The molecule has 1 aliphatic rings. The van der Waals surface area contributed by atoms with Gasteiger partial charge in [0.15, 0.2) is 0 Å². The second-order valence-corrected chi connectivity index (χ2v) is 9.89. The van der Waals surface area contributed by atoms with Gasteiger partial charge in [0.05, 0.1) is 4.90 Å². The predicted octanol–water partition coefficient (Wildman–Crippen LogP) is 3.34. The SMILES string of the molecule is Cn1c(CN2CCN(c3ccc(S(=O)(=O)Nc4ccncn4)cc3)CC2)cc2ccccc21.[HH]. The molecule has 0 unspecified atom stereocenters. The topological polar surface area (TPSA) is 83.4 Å². The maximum atomic E-state index is 12.6. The van der Waals surface area contributed by atoms with Gasteiger partial charge in [0.25, 0.3) is 10.0 Å². The Bertz CT molecular complexity index is 1350. The normalized spacial score (nSPS) is 15.1. The lowest BCUT2D eigenvalue weighted by atomic mass is 10.2. The number of nitrogens with one attached hydrogen (secondary N) is 1. The average molecular weight is 465 g/mol. The van der Waals surface area contributed by atoms with Crippen molar-refractivity contribution in [2.45, 2.75) is 11.4 Å². The number of benzene rings is 2. The van der Waals surface area contributed by atoms with Gasteiger partial charge in [-0.25, -0.2) is 18.4 Å². The van der Waals surface area contributed by atoms with Crippen LogP contribution in [0.15, 0.2) is 78.1 Å². The maximum absolute atomic E-state index is 12.6. The number of para-hydroxylation sites is 1. The zero-order valence-corrected chi connectivity index (χ0v) is 19.2. The van der Waals surface area contributed by atoms with Crippen LogP contribution in [0, 0.1) is 0 Å². The van der Waals surface area contributed by atoms with Crippen molar-refractivity contribution >= 4 is 32.4 Å². The van der Waals surface area contributed by atoms with Crippen molar-refractivity contribution in [3.8, 4) is 0 Å². The molecule has 1 aliphatic heterocycles. The van der Waals surface area contributed by atoms with Crippen molar-refractivity contribution in [2.24, 2.45) is 7.05 Å². The lowest BCUT2D eigenvalue weighted by molar-refractivity contribution is 0.245. The second kappa shape index (κ2) is 8.84. The fourth-order valence-corrected chi connectivity index (χ4v) is 5.28. The molecule has 33 heavy (non-hydrogen) atoms. The summed E-state index contributed by atoms with van der Waals surface area (Å²) in [5, 5.41) is 1.28. The Morgan fingerprint density at radius 3 is 2.45 bits per heavy atom. The highest BCUT2D eigenvalue weighted by atomic mass is 32.2. The van der Waals surface area contributed by atoms with Crippen molar-refractivity contribution in [3.05, 3.63) is 78.9 Å². The lowest BCUT2D eigenvalue weighted by Crippen LogP contribution is -2.46. The summed E-state index contributed by atoms with van der Waals surface area (Å²) in [7, 11) is -1.56. The highest BCUT2D eigenvalue weighted by molar-refractivity contribution is 7.92. The van der Waals surface area contributed by atoms with Gasteiger partial charge in [0, 0.05) is 64.3 Å². The van der Waals surface area contributed by atoms with Crippen LogP contribution in [0.3, 0.4) is 0 Å². The third-order valence-corrected chi connectivity index (χ3v) is 7.51. The van der Waals surface area contributed by atoms with Gasteiger partial charge in [0.2, 0.25) is 0 Å². The van der Waals surface area contributed by atoms with Gasteiger partial charge in [0.1, 0.15) is 12.1 Å². The Morgan fingerprint density at radius 1 is 1.00 bits per heavy atom. The van der Waals surface area contributed by atoms with E-state index in [1.807, 2.05) is 12.1 Å². The van der Waals surface area contributed by atoms with E-state index in [0.29, 0.717) is 0 Å². The van der Waals surface area contributed by atoms with Crippen LogP contribution >= 0.6 is 0 Å². The number of fused-ring (bicyclic) bond motifs is 1. The van der Waals surface area contributed by atoms with Crippen molar-refractivity contribution in [2.75, 3.05) is 35.8 Å². The Hall–Kier alpha value is -3.43. The van der Waals surface area contributed by atoms with Crippen LogP contribution in [-0.2, 0) is 23.6 Å². The minimum atomic E-state index is -3.69. The third-order valence-electron chi connectivity index (χ3n) is 6.14. The van der Waals surface area contributed by atoms with E-state index in [1.165, 1.54) is 35.2 Å². The summed E-state index contributed by atoms with van der Waals surface area (Å²) in [6, 6.07) is 19.3. The van der Waals surface area contributed by atoms with Crippen LogP contribution < -0.4 is 9.62 Å². The fourth-order valence-electron chi connectivity index (χ4n) is 4.27. The van der Waals surface area contributed by atoms with E-state index >= 15 is 0 Å². The van der Waals surface area contributed by atoms with Gasteiger partial charge in [-0.3, -0.25) is 9.62 Å². The van der Waals surface area contributed by atoms with E-state index in [-0.39, 0.29) is 12.1 Å². The van der Waals surface area contributed by atoms with Crippen molar-refractivity contribution in [1.82, 2.24) is 19.4 Å². The van der Waals surface area contributed by atoms with E-state index < -0.39 is 10.0 Å². The van der Waals surface area contributed by atoms with Crippen LogP contribution in [0.5, 0.6) is 0 Å². The minimum absolute atomic E-state index is 0. The monoisotopic (exact) mass is 464 g/mol. The van der Waals surface area contributed by atoms with E-state index in [1.54, 1.807) is 12.1 Å². The first-order chi connectivity index (χ1) is 16.0. The van der Waals surface area contributed by atoms with Crippen LogP contribution in [0.1, 0.15) is 7.12 Å². The van der Waals surface area contributed by atoms with Gasteiger partial charge in [-0.1, -0.05) is 18.2 Å². The van der Waals surface area contributed by atoms with Crippen LogP contribution in [0.25, 0.3) is 10.9 Å². The summed E-state index contributed by atoms with van der Waals surface area (Å²) in [4.78, 5) is 12.7. The summed E-state index contributed by atoms with van der Waals surface area (Å²) in [5.41, 5.74) is 3.60. The molecule has 0 amide bonds. The maximum Gasteiger partial charge on any atom is 0.263 e. The van der Waals surface area contributed by atoms with Gasteiger partial charge in [-0.15, -0.1) is 0 Å². The summed E-state index contributed by atoms with van der Waals surface area (Å²) < 4.78 is 30.0. The molecule has 4 aromatic rings. The smallest absolute Gasteiger partial charge is 0.263 e. The first-order valence-electron chi connectivity index (χ1n) is 10.9. The highest BCUT2D eigenvalue weighted by Crippen LogP contribution is 2.23. The van der Waals surface area contributed by atoms with Gasteiger partial charge in [-0.05, 0) is 47.9 Å². The van der Waals surface area contributed by atoms with Crippen molar-refractivity contribution in [3.63, 3.8) is 0 Å². The molecule has 0 aliphatic carbocycles. The molecule has 0 bridgehead atoms. The molecule has 0 saturated carbocycles. The molecule has 0 atom stereocenters. The van der Waals surface area contributed by atoms with Crippen molar-refractivity contribution < 1.29 is 9.84 Å². The number of hydrogen-bond donors (Lipinski definition) is 1. The van der Waals surface area contributed by atoms with Gasteiger partial charge in [-0.2, -0.15) is 0 Å². The minimum Gasteiger partial charge on any atom is -0.369 e. The number of aromatic nitrogens is 3. The molecule has 9 heteroatoms. The summed E-state index contributed by atoms with van der Waals surface area (Å²) in [5.74, 6) is 0.247. The summed E-state index contributed by atoms with van der Waals surface area (Å²) >= 11 is 0. The zero-order valence-electron chi connectivity index (χ0n) is 18.4.